The second-order valence-corrected chi connectivity index (χ2v) is 6.17. The smallest absolute Gasteiger partial charge is 0.231 e. The summed E-state index contributed by atoms with van der Waals surface area (Å²) < 4.78 is 1.75. The van der Waals surface area contributed by atoms with Gasteiger partial charge < -0.3 is 10.2 Å². The van der Waals surface area contributed by atoms with Crippen LogP contribution in [0.25, 0.3) is 5.69 Å². The zero-order valence-electron chi connectivity index (χ0n) is 14.1. The molecule has 6 nitrogen and oxygen atoms in total. The Morgan fingerprint density at radius 1 is 1.08 bits per heavy atom. The molecule has 1 aliphatic rings. The number of rotatable bonds is 3. The molecule has 1 aliphatic heterocycles. The molecule has 3 aromatic rings. The number of amides is 2. The van der Waals surface area contributed by atoms with Crippen LogP contribution >= 0.6 is 0 Å². The third kappa shape index (κ3) is 3.21. The lowest BCUT2D eigenvalue weighted by atomic mass is 10.2. The van der Waals surface area contributed by atoms with Gasteiger partial charge in [-0.05, 0) is 29.8 Å². The van der Waals surface area contributed by atoms with Crippen molar-refractivity contribution in [1.82, 2.24) is 9.78 Å². The topological polar surface area (TPSA) is 67.2 Å². The van der Waals surface area contributed by atoms with Gasteiger partial charge in [-0.15, -0.1) is 0 Å². The molecule has 0 fully saturated rings. The Kier molecular flexibility index (Phi) is 4.23. The second-order valence-electron chi connectivity index (χ2n) is 6.17. The Morgan fingerprint density at radius 2 is 1.85 bits per heavy atom. The van der Waals surface area contributed by atoms with Crippen molar-refractivity contribution >= 4 is 23.2 Å². The van der Waals surface area contributed by atoms with E-state index >= 15 is 0 Å². The number of nitrogens with zero attached hydrogens (tertiary/aromatic N) is 3. The molecule has 130 valence electrons. The van der Waals surface area contributed by atoms with Gasteiger partial charge in [0.05, 0.1) is 29.7 Å². The van der Waals surface area contributed by atoms with Crippen LogP contribution in [0.5, 0.6) is 0 Å². The normalized spacial score (nSPS) is 13.7. The van der Waals surface area contributed by atoms with Crippen molar-refractivity contribution in [2.24, 2.45) is 0 Å². The summed E-state index contributed by atoms with van der Waals surface area (Å²) in [6.07, 6.45) is 4.08. The van der Waals surface area contributed by atoms with E-state index in [1.54, 1.807) is 15.8 Å². The average Bonchev–Trinajstić information content (AvgIpc) is 3.05. The molecule has 1 N–H and O–H groups in total. The molecule has 4 rings (SSSR count). The van der Waals surface area contributed by atoms with Crippen LogP contribution in [0.4, 0.5) is 11.4 Å². The fraction of sp³-hybridized carbons (Fsp3) is 0.150. The lowest BCUT2D eigenvalue weighted by Crippen LogP contribution is -2.33. The predicted molar refractivity (Wildman–Crippen MR) is 99.3 cm³/mol. The monoisotopic (exact) mass is 346 g/mol. The van der Waals surface area contributed by atoms with Gasteiger partial charge in [0, 0.05) is 19.2 Å². The Hall–Kier alpha value is -3.41. The highest BCUT2D eigenvalue weighted by Crippen LogP contribution is 2.29. The van der Waals surface area contributed by atoms with E-state index in [4.69, 9.17) is 0 Å². The molecular weight excluding hydrogens is 328 g/mol. The maximum Gasteiger partial charge on any atom is 0.231 e. The van der Waals surface area contributed by atoms with Crippen molar-refractivity contribution in [3.63, 3.8) is 0 Å². The van der Waals surface area contributed by atoms with Gasteiger partial charge in [-0.1, -0.05) is 30.3 Å². The molecular formula is C20H18N4O2. The van der Waals surface area contributed by atoms with E-state index in [0.29, 0.717) is 12.2 Å². The first kappa shape index (κ1) is 16.1. The van der Waals surface area contributed by atoms with Gasteiger partial charge in [-0.2, -0.15) is 5.10 Å². The molecule has 2 amide bonds. The van der Waals surface area contributed by atoms with E-state index in [2.05, 4.69) is 10.4 Å². The van der Waals surface area contributed by atoms with Crippen molar-refractivity contribution in [2.75, 3.05) is 16.8 Å². The minimum atomic E-state index is -0.0790. The first-order valence-electron chi connectivity index (χ1n) is 8.49. The van der Waals surface area contributed by atoms with Crippen molar-refractivity contribution in [1.29, 1.82) is 0 Å². The first-order valence-corrected chi connectivity index (χ1v) is 8.49. The minimum absolute atomic E-state index is 0.0541. The summed E-state index contributed by atoms with van der Waals surface area (Å²) in [5, 5.41) is 7.19. The number of fused-ring (bicyclic) bond motifs is 1. The molecule has 1 aromatic heterocycles. The molecule has 0 saturated heterocycles. The number of para-hydroxylation sites is 3. The van der Waals surface area contributed by atoms with Crippen LogP contribution in [0.15, 0.2) is 67.0 Å². The first-order chi connectivity index (χ1) is 12.7. The fourth-order valence-corrected chi connectivity index (χ4v) is 3.06. The minimum Gasteiger partial charge on any atom is -0.324 e. The summed E-state index contributed by atoms with van der Waals surface area (Å²) in [4.78, 5) is 26.4. The third-order valence-corrected chi connectivity index (χ3v) is 4.34. The number of hydrogen-bond acceptors (Lipinski definition) is 3. The Labute approximate surface area is 151 Å². The highest BCUT2D eigenvalue weighted by atomic mass is 16.2. The summed E-state index contributed by atoms with van der Waals surface area (Å²) in [5.74, 6) is -0.133. The van der Waals surface area contributed by atoms with Crippen LogP contribution in [0.2, 0.25) is 0 Å². The number of carbonyl (C=O) groups is 2. The quantitative estimate of drug-likeness (QED) is 0.793. The van der Waals surface area contributed by atoms with E-state index in [1.807, 2.05) is 60.8 Å². The van der Waals surface area contributed by atoms with Crippen molar-refractivity contribution in [3.8, 4) is 5.69 Å². The van der Waals surface area contributed by atoms with E-state index in [1.165, 1.54) is 0 Å². The van der Waals surface area contributed by atoms with Crippen molar-refractivity contribution in [2.45, 2.75) is 12.8 Å². The molecule has 6 heteroatoms. The van der Waals surface area contributed by atoms with Gasteiger partial charge in [-0.3, -0.25) is 9.59 Å². The van der Waals surface area contributed by atoms with Crippen molar-refractivity contribution in [3.05, 3.63) is 72.6 Å². The molecule has 0 saturated carbocycles. The van der Waals surface area contributed by atoms with E-state index in [-0.39, 0.29) is 24.7 Å². The molecule has 0 bridgehead atoms. The number of anilines is 2. The molecule has 26 heavy (non-hydrogen) atoms. The van der Waals surface area contributed by atoms with Gasteiger partial charge in [0.15, 0.2) is 0 Å². The fourth-order valence-electron chi connectivity index (χ4n) is 3.06. The highest BCUT2D eigenvalue weighted by Gasteiger charge is 2.24. The molecule has 2 aromatic carbocycles. The second kappa shape index (κ2) is 6.84. The zero-order valence-corrected chi connectivity index (χ0v) is 14.1. The number of benzene rings is 2. The molecule has 0 aliphatic carbocycles. The maximum absolute atomic E-state index is 12.9. The van der Waals surface area contributed by atoms with Crippen LogP contribution < -0.4 is 10.2 Å². The number of aromatic nitrogens is 2. The van der Waals surface area contributed by atoms with E-state index < -0.39 is 0 Å². The van der Waals surface area contributed by atoms with Gasteiger partial charge >= 0.3 is 0 Å². The molecule has 0 atom stereocenters. The largest absolute Gasteiger partial charge is 0.324 e. The van der Waals surface area contributed by atoms with Gasteiger partial charge in [-0.25, -0.2) is 4.68 Å². The number of nitrogens with one attached hydrogen (secondary N) is 1. The van der Waals surface area contributed by atoms with Crippen LogP contribution in [-0.4, -0.2) is 28.1 Å². The lowest BCUT2D eigenvalue weighted by Gasteiger charge is -2.21. The number of carbonyl (C=O) groups excluding carboxylic acids is 2. The average molecular weight is 346 g/mol. The Morgan fingerprint density at radius 3 is 2.69 bits per heavy atom. The SMILES string of the molecule is O=C1CCN(C(=O)Cc2cnn(-c3ccccc3)c2)c2ccccc2N1. The van der Waals surface area contributed by atoms with E-state index in [0.717, 1.165) is 16.9 Å². The van der Waals surface area contributed by atoms with Gasteiger partial charge in [0.1, 0.15) is 0 Å². The maximum atomic E-state index is 12.9. The number of hydrogen-bond donors (Lipinski definition) is 1. The third-order valence-electron chi connectivity index (χ3n) is 4.34. The Balaban J connectivity index is 1.55. The lowest BCUT2D eigenvalue weighted by molar-refractivity contribution is -0.118. The summed E-state index contributed by atoms with van der Waals surface area (Å²) in [7, 11) is 0. The molecule has 0 unspecified atom stereocenters. The van der Waals surface area contributed by atoms with Crippen molar-refractivity contribution < 1.29 is 9.59 Å². The van der Waals surface area contributed by atoms with E-state index in [9.17, 15) is 9.59 Å². The van der Waals surface area contributed by atoms with Crippen LogP contribution in [0, 0.1) is 0 Å². The Bertz CT molecular complexity index is 949. The van der Waals surface area contributed by atoms with Crippen LogP contribution in [0.1, 0.15) is 12.0 Å². The van der Waals surface area contributed by atoms with Crippen LogP contribution in [-0.2, 0) is 16.0 Å². The van der Waals surface area contributed by atoms with Gasteiger partial charge in [0.2, 0.25) is 11.8 Å². The summed E-state index contributed by atoms with van der Waals surface area (Å²) in [5.41, 5.74) is 3.18. The molecule has 0 radical (unpaired) electrons. The van der Waals surface area contributed by atoms with Crippen LogP contribution in [0.3, 0.4) is 0 Å². The summed E-state index contributed by atoms with van der Waals surface area (Å²) in [6.45, 7) is 0.370. The zero-order chi connectivity index (χ0) is 17.9. The molecule has 2 heterocycles. The summed E-state index contributed by atoms with van der Waals surface area (Å²) in [6, 6.07) is 17.1. The summed E-state index contributed by atoms with van der Waals surface area (Å²) >= 11 is 0. The molecule has 0 spiro atoms. The van der Waals surface area contributed by atoms with Gasteiger partial charge in [0.25, 0.3) is 0 Å². The predicted octanol–water partition coefficient (Wildman–Crippen LogP) is 2.79. The highest BCUT2D eigenvalue weighted by molar-refractivity contribution is 6.04. The standard InChI is InChI=1S/C20H18N4O2/c25-19-10-11-23(18-9-5-4-8-17(18)22-19)20(26)12-15-13-21-24(14-15)16-6-2-1-3-7-16/h1-9,13-14H,10-12H2,(H,22,25).